The molecule has 2 aromatic rings. The number of hydrogen-bond donors (Lipinski definition) is 0. The molecule has 0 spiro atoms. The Hall–Kier alpha value is -0.990. The smallest absolute Gasteiger partial charge is 0.123 e. The number of hydrogen-bond acceptors (Lipinski definition) is 1. The zero-order valence-electron chi connectivity index (χ0n) is 9.91. The number of benzene rings is 2. The van der Waals surface area contributed by atoms with Gasteiger partial charge in [-0.05, 0) is 41.0 Å². The van der Waals surface area contributed by atoms with Gasteiger partial charge in [0.1, 0.15) is 5.82 Å². The second-order valence-electron chi connectivity index (χ2n) is 4.50. The van der Waals surface area contributed by atoms with Crippen LogP contribution in [0, 0.1) is 5.82 Å². The van der Waals surface area contributed by atoms with E-state index in [1.165, 1.54) is 17.2 Å². The average molecular weight is 279 g/mol. The Kier molecular flexibility index (Phi) is 3.08. The maximum Gasteiger partial charge on any atom is 0.123 e. The number of halogens is 2. The molecule has 18 heavy (non-hydrogen) atoms. The zero-order chi connectivity index (χ0) is 12.7. The molecule has 0 aliphatic carbocycles. The molecule has 2 aromatic carbocycles. The number of fused-ring (bicyclic) bond motifs is 2. The van der Waals surface area contributed by atoms with Gasteiger partial charge in [-0.2, -0.15) is 0 Å². The minimum Gasteiger partial charge on any atom is -0.207 e. The van der Waals surface area contributed by atoms with Crippen LogP contribution < -0.4 is 0 Å². The van der Waals surface area contributed by atoms with Crippen molar-refractivity contribution in [1.82, 2.24) is 0 Å². The quantitative estimate of drug-likeness (QED) is 0.635. The van der Waals surface area contributed by atoms with Gasteiger partial charge in [-0.3, -0.25) is 0 Å². The molecule has 0 bridgehead atoms. The van der Waals surface area contributed by atoms with Gasteiger partial charge in [0.2, 0.25) is 0 Å². The predicted molar refractivity (Wildman–Crippen MR) is 74.9 cm³/mol. The summed E-state index contributed by atoms with van der Waals surface area (Å²) in [7, 11) is 0. The van der Waals surface area contributed by atoms with Crippen LogP contribution in [0.4, 0.5) is 4.39 Å². The van der Waals surface area contributed by atoms with E-state index in [0.29, 0.717) is 0 Å². The van der Waals surface area contributed by atoms with E-state index in [9.17, 15) is 4.39 Å². The molecule has 1 atom stereocenters. The van der Waals surface area contributed by atoms with Crippen LogP contribution in [0.15, 0.2) is 41.3 Å². The molecular weight excluding hydrogens is 267 g/mol. The Morgan fingerprint density at radius 1 is 1.22 bits per heavy atom. The van der Waals surface area contributed by atoms with Gasteiger partial charge in [0, 0.05) is 21.6 Å². The summed E-state index contributed by atoms with van der Waals surface area (Å²) >= 11 is 7.99. The fourth-order valence-corrected chi connectivity index (χ4v) is 3.96. The summed E-state index contributed by atoms with van der Waals surface area (Å²) in [6, 6.07) is 11.0. The summed E-state index contributed by atoms with van der Waals surface area (Å²) < 4.78 is 13.4. The van der Waals surface area contributed by atoms with E-state index in [0.717, 1.165) is 21.2 Å². The molecule has 0 unspecified atom stereocenters. The Morgan fingerprint density at radius 2 is 2.06 bits per heavy atom. The first kappa shape index (κ1) is 12.1. The SMILES string of the molecule is C[C@H]1c2cc(F)ccc2SCc2c(Cl)cccc21. The van der Waals surface area contributed by atoms with Crippen molar-refractivity contribution in [3.63, 3.8) is 0 Å². The molecule has 0 fully saturated rings. The highest BCUT2D eigenvalue weighted by Crippen LogP contribution is 2.42. The molecule has 0 saturated heterocycles. The summed E-state index contributed by atoms with van der Waals surface area (Å²) in [6.45, 7) is 2.11. The standard InChI is InChI=1S/C15H12ClFS/c1-9-11-3-2-4-14(16)13(11)8-18-15-6-5-10(17)7-12(9)15/h2-7,9H,8H2,1H3/t9-/m1/s1. The van der Waals surface area contributed by atoms with Gasteiger partial charge in [-0.25, -0.2) is 4.39 Å². The predicted octanol–water partition coefficient (Wildman–Crippen LogP) is 5.24. The summed E-state index contributed by atoms with van der Waals surface area (Å²) in [6.07, 6.45) is 0. The van der Waals surface area contributed by atoms with Gasteiger partial charge in [-0.1, -0.05) is 30.7 Å². The van der Waals surface area contributed by atoms with E-state index < -0.39 is 0 Å². The highest BCUT2D eigenvalue weighted by atomic mass is 35.5. The lowest BCUT2D eigenvalue weighted by molar-refractivity contribution is 0.622. The van der Waals surface area contributed by atoms with E-state index in [1.807, 2.05) is 18.2 Å². The zero-order valence-corrected chi connectivity index (χ0v) is 11.5. The van der Waals surface area contributed by atoms with Gasteiger partial charge in [0.05, 0.1) is 0 Å². The lowest BCUT2D eigenvalue weighted by atomic mass is 9.90. The molecule has 1 aliphatic heterocycles. The van der Waals surface area contributed by atoms with Crippen LogP contribution in [0.1, 0.15) is 29.5 Å². The lowest BCUT2D eigenvalue weighted by Crippen LogP contribution is -1.99. The molecule has 0 radical (unpaired) electrons. The molecule has 0 nitrogen and oxygen atoms in total. The highest BCUT2D eigenvalue weighted by Gasteiger charge is 2.22. The molecule has 92 valence electrons. The van der Waals surface area contributed by atoms with Crippen LogP contribution in [-0.2, 0) is 5.75 Å². The normalized spacial score (nSPS) is 17.8. The number of thioether (sulfide) groups is 1. The van der Waals surface area contributed by atoms with E-state index >= 15 is 0 Å². The van der Waals surface area contributed by atoms with Crippen LogP contribution in [0.2, 0.25) is 5.02 Å². The van der Waals surface area contributed by atoms with Gasteiger partial charge in [-0.15, -0.1) is 11.8 Å². The Bertz CT molecular complexity index is 607. The molecule has 1 heterocycles. The third-order valence-corrected chi connectivity index (χ3v) is 4.90. The molecule has 0 saturated carbocycles. The highest BCUT2D eigenvalue weighted by molar-refractivity contribution is 7.98. The summed E-state index contributed by atoms with van der Waals surface area (Å²) in [5.41, 5.74) is 3.44. The Labute approximate surface area is 115 Å². The Balaban J connectivity index is 2.20. The van der Waals surface area contributed by atoms with Gasteiger partial charge < -0.3 is 0 Å². The van der Waals surface area contributed by atoms with Crippen LogP contribution in [0.3, 0.4) is 0 Å². The Morgan fingerprint density at radius 3 is 2.89 bits per heavy atom. The largest absolute Gasteiger partial charge is 0.207 e. The average Bonchev–Trinajstić information content (AvgIpc) is 2.50. The molecule has 3 heteroatoms. The van der Waals surface area contributed by atoms with Crippen molar-refractivity contribution < 1.29 is 4.39 Å². The second-order valence-corrected chi connectivity index (χ2v) is 5.92. The topological polar surface area (TPSA) is 0 Å². The van der Waals surface area contributed by atoms with Crippen molar-refractivity contribution in [3.05, 3.63) is 63.9 Å². The van der Waals surface area contributed by atoms with E-state index in [4.69, 9.17) is 11.6 Å². The first-order valence-corrected chi connectivity index (χ1v) is 7.22. The number of rotatable bonds is 0. The van der Waals surface area contributed by atoms with Crippen molar-refractivity contribution in [2.45, 2.75) is 23.5 Å². The van der Waals surface area contributed by atoms with E-state index in [1.54, 1.807) is 17.8 Å². The van der Waals surface area contributed by atoms with E-state index in [-0.39, 0.29) is 11.7 Å². The second kappa shape index (κ2) is 4.60. The molecule has 0 N–H and O–H groups in total. The van der Waals surface area contributed by atoms with E-state index in [2.05, 4.69) is 13.0 Å². The third-order valence-electron chi connectivity index (χ3n) is 3.43. The third kappa shape index (κ3) is 1.94. The minimum absolute atomic E-state index is 0.174. The first-order valence-electron chi connectivity index (χ1n) is 5.86. The van der Waals surface area contributed by atoms with Gasteiger partial charge >= 0.3 is 0 Å². The minimum atomic E-state index is -0.174. The van der Waals surface area contributed by atoms with Crippen LogP contribution in [0.5, 0.6) is 0 Å². The van der Waals surface area contributed by atoms with Gasteiger partial charge in [0.25, 0.3) is 0 Å². The van der Waals surface area contributed by atoms with Crippen molar-refractivity contribution in [3.8, 4) is 0 Å². The van der Waals surface area contributed by atoms with Crippen molar-refractivity contribution in [2.75, 3.05) is 0 Å². The molecular formula is C15H12ClFS. The lowest BCUT2D eigenvalue weighted by Gasteiger charge is -2.15. The molecule has 0 aromatic heterocycles. The molecule has 1 aliphatic rings. The monoisotopic (exact) mass is 278 g/mol. The fourth-order valence-electron chi connectivity index (χ4n) is 2.44. The van der Waals surface area contributed by atoms with Crippen LogP contribution in [0.25, 0.3) is 0 Å². The van der Waals surface area contributed by atoms with Crippen molar-refractivity contribution in [1.29, 1.82) is 0 Å². The molecule has 3 rings (SSSR count). The van der Waals surface area contributed by atoms with Crippen molar-refractivity contribution in [2.24, 2.45) is 0 Å². The first-order chi connectivity index (χ1) is 8.66. The maximum atomic E-state index is 13.4. The summed E-state index contributed by atoms with van der Waals surface area (Å²) in [5, 5.41) is 0.806. The fraction of sp³-hybridized carbons (Fsp3) is 0.200. The van der Waals surface area contributed by atoms with Crippen molar-refractivity contribution >= 4 is 23.4 Å². The maximum absolute atomic E-state index is 13.4. The van der Waals surface area contributed by atoms with Crippen LogP contribution >= 0.6 is 23.4 Å². The molecule has 0 amide bonds. The van der Waals surface area contributed by atoms with Gasteiger partial charge in [0.15, 0.2) is 0 Å². The summed E-state index contributed by atoms with van der Waals surface area (Å²) in [5.74, 6) is 0.851. The van der Waals surface area contributed by atoms with Crippen LogP contribution in [-0.4, -0.2) is 0 Å². The summed E-state index contributed by atoms with van der Waals surface area (Å²) in [4.78, 5) is 1.15.